The fourth-order valence-electron chi connectivity index (χ4n) is 2.87. The van der Waals surface area contributed by atoms with Gasteiger partial charge in [-0.25, -0.2) is 4.98 Å². The Morgan fingerprint density at radius 3 is 2.77 bits per heavy atom. The van der Waals surface area contributed by atoms with E-state index in [1.54, 1.807) is 6.20 Å². The molecule has 0 radical (unpaired) electrons. The average molecular weight is 351 g/mol. The third-order valence-electron chi connectivity index (χ3n) is 4.47. The first kappa shape index (κ1) is 18.2. The molecule has 0 bridgehead atoms. The van der Waals surface area contributed by atoms with Crippen molar-refractivity contribution in [1.82, 2.24) is 24.5 Å². The Hall–Kier alpha value is -2.61. The molecule has 0 unspecified atom stereocenters. The van der Waals surface area contributed by atoms with Crippen LogP contribution in [-0.2, 0) is 6.54 Å². The van der Waals surface area contributed by atoms with Gasteiger partial charge in [-0.05, 0) is 30.2 Å². The monoisotopic (exact) mass is 351 g/mol. The van der Waals surface area contributed by atoms with Gasteiger partial charge in [0.25, 0.3) is 0 Å². The second kappa shape index (κ2) is 8.67. The lowest BCUT2D eigenvalue weighted by atomic mass is 10.0. The molecule has 2 N–H and O–H groups in total. The fraction of sp³-hybridized carbons (Fsp3) is 0.389. The summed E-state index contributed by atoms with van der Waals surface area (Å²) in [6.45, 7) is 9.03. The molecule has 0 saturated carbocycles. The molecule has 7 nitrogen and oxygen atoms in total. The minimum Gasteiger partial charge on any atom is -0.369 e. The summed E-state index contributed by atoms with van der Waals surface area (Å²) >= 11 is 0. The number of rotatable bonds is 9. The van der Waals surface area contributed by atoms with Gasteiger partial charge in [0.1, 0.15) is 19.5 Å². The standard InChI is InChI=1S/C18H26BN7/c1-3-25(4-2)9-8-21-16-10-17(22-12-14-6-5-7-20-11-14)26-18(24-16)15(19)13-23-26/h5-7,10-11,13,22H,3-4,8-9,12,19H2,1-2H3,(H,21,24). The van der Waals surface area contributed by atoms with Crippen LogP contribution in [0.3, 0.4) is 0 Å². The van der Waals surface area contributed by atoms with Crippen molar-refractivity contribution in [1.29, 1.82) is 0 Å². The highest BCUT2D eigenvalue weighted by Crippen LogP contribution is 2.15. The molecule has 0 aliphatic carbocycles. The van der Waals surface area contributed by atoms with E-state index in [1.807, 2.05) is 36.9 Å². The van der Waals surface area contributed by atoms with Crippen molar-refractivity contribution in [2.75, 3.05) is 36.8 Å². The molecule has 0 spiro atoms. The predicted molar refractivity (Wildman–Crippen MR) is 109 cm³/mol. The van der Waals surface area contributed by atoms with E-state index in [0.29, 0.717) is 6.54 Å². The molecule has 136 valence electrons. The topological polar surface area (TPSA) is 70.4 Å². The average Bonchev–Trinajstić information content (AvgIpc) is 3.05. The van der Waals surface area contributed by atoms with Crippen LogP contribution >= 0.6 is 0 Å². The number of nitrogens with one attached hydrogen (secondary N) is 2. The highest BCUT2D eigenvalue weighted by atomic mass is 15.3. The van der Waals surface area contributed by atoms with Crippen LogP contribution in [0.25, 0.3) is 5.65 Å². The predicted octanol–water partition coefficient (Wildman–Crippen LogP) is 0.748. The van der Waals surface area contributed by atoms with E-state index in [0.717, 1.165) is 54.5 Å². The first-order valence-electron chi connectivity index (χ1n) is 9.15. The largest absolute Gasteiger partial charge is 0.369 e. The van der Waals surface area contributed by atoms with Gasteiger partial charge in [0.05, 0.1) is 0 Å². The van der Waals surface area contributed by atoms with Crippen molar-refractivity contribution >= 4 is 30.6 Å². The number of aromatic nitrogens is 4. The van der Waals surface area contributed by atoms with Gasteiger partial charge in [-0.2, -0.15) is 9.61 Å². The Balaban J connectivity index is 1.76. The van der Waals surface area contributed by atoms with Crippen LogP contribution in [0.1, 0.15) is 19.4 Å². The molecule has 26 heavy (non-hydrogen) atoms. The minimum absolute atomic E-state index is 0.685. The van der Waals surface area contributed by atoms with Gasteiger partial charge < -0.3 is 15.5 Å². The zero-order chi connectivity index (χ0) is 18.4. The zero-order valence-electron chi connectivity index (χ0n) is 15.7. The van der Waals surface area contributed by atoms with Gasteiger partial charge in [0.2, 0.25) is 0 Å². The lowest BCUT2D eigenvalue weighted by Gasteiger charge is -2.18. The first-order chi connectivity index (χ1) is 12.7. The summed E-state index contributed by atoms with van der Waals surface area (Å²) in [5, 5.41) is 11.3. The van der Waals surface area contributed by atoms with Crippen LogP contribution in [0, 0.1) is 0 Å². The van der Waals surface area contributed by atoms with E-state index in [2.05, 4.69) is 45.5 Å². The summed E-state index contributed by atoms with van der Waals surface area (Å²) in [5.41, 5.74) is 3.05. The number of nitrogens with zero attached hydrogens (tertiary/aromatic N) is 5. The van der Waals surface area contributed by atoms with Gasteiger partial charge >= 0.3 is 0 Å². The molecule has 0 atom stereocenters. The number of likely N-dealkylation sites (N-methyl/N-ethyl adjacent to an activating group) is 1. The van der Waals surface area contributed by atoms with E-state index >= 15 is 0 Å². The second-order valence-corrected chi connectivity index (χ2v) is 6.26. The molecule has 3 aromatic rings. The smallest absolute Gasteiger partial charge is 0.153 e. The van der Waals surface area contributed by atoms with Crippen LogP contribution in [-0.4, -0.2) is 58.5 Å². The van der Waals surface area contributed by atoms with Crippen molar-refractivity contribution in [3.63, 3.8) is 0 Å². The molecule has 3 heterocycles. The maximum atomic E-state index is 4.72. The third-order valence-corrected chi connectivity index (χ3v) is 4.47. The first-order valence-corrected chi connectivity index (χ1v) is 9.15. The van der Waals surface area contributed by atoms with Gasteiger partial charge in [-0.15, -0.1) is 0 Å². The quantitative estimate of drug-likeness (QED) is 0.555. The number of fused-ring (bicyclic) bond motifs is 1. The number of pyridine rings is 1. The van der Waals surface area contributed by atoms with Gasteiger partial charge in [-0.3, -0.25) is 4.98 Å². The van der Waals surface area contributed by atoms with E-state index < -0.39 is 0 Å². The van der Waals surface area contributed by atoms with Crippen molar-refractivity contribution in [3.05, 3.63) is 42.4 Å². The van der Waals surface area contributed by atoms with Crippen molar-refractivity contribution in [2.45, 2.75) is 20.4 Å². The molecule has 8 heteroatoms. The zero-order valence-corrected chi connectivity index (χ0v) is 15.7. The van der Waals surface area contributed by atoms with E-state index in [9.17, 15) is 0 Å². The van der Waals surface area contributed by atoms with E-state index in [4.69, 9.17) is 4.98 Å². The lowest BCUT2D eigenvalue weighted by molar-refractivity contribution is 0.316. The Morgan fingerprint density at radius 1 is 1.19 bits per heavy atom. The van der Waals surface area contributed by atoms with Crippen LogP contribution in [0.5, 0.6) is 0 Å². The maximum absolute atomic E-state index is 4.72. The van der Waals surface area contributed by atoms with Crippen LogP contribution in [0.4, 0.5) is 11.6 Å². The summed E-state index contributed by atoms with van der Waals surface area (Å²) in [4.78, 5) is 11.3. The summed E-state index contributed by atoms with van der Waals surface area (Å²) in [7, 11) is 2.03. The Kier molecular flexibility index (Phi) is 6.06. The minimum atomic E-state index is 0.685. The molecule has 0 fully saturated rings. The molecular weight excluding hydrogens is 325 g/mol. The van der Waals surface area contributed by atoms with Crippen LogP contribution in [0.15, 0.2) is 36.8 Å². The summed E-state index contributed by atoms with van der Waals surface area (Å²) in [6.07, 6.45) is 5.49. The van der Waals surface area contributed by atoms with Crippen molar-refractivity contribution in [2.24, 2.45) is 0 Å². The molecule has 0 aliphatic rings. The highest BCUT2D eigenvalue weighted by Gasteiger charge is 2.09. The lowest BCUT2D eigenvalue weighted by Crippen LogP contribution is -2.28. The summed E-state index contributed by atoms with van der Waals surface area (Å²) < 4.78 is 1.85. The third kappa shape index (κ3) is 4.32. The van der Waals surface area contributed by atoms with Crippen LogP contribution < -0.4 is 16.1 Å². The Labute approximate surface area is 155 Å². The van der Waals surface area contributed by atoms with Gasteiger partial charge in [0, 0.05) is 44.3 Å². The maximum Gasteiger partial charge on any atom is 0.153 e. The molecule has 0 aliphatic heterocycles. The Morgan fingerprint density at radius 2 is 2.04 bits per heavy atom. The second-order valence-electron chi connectivity index (χ2n) is 6.26. The molecule has 0 amide bonds. The molecule has 3 aromatic heterocycles. The van der Waals surface area contributed by atoms with E-state index in [1.165, 1.54) is 0 Å². The number of hydrogen-bond acceptors (Lipinski definition) is 6. The highest BCUT2D eigenvalue weighted by molar-refractivity contribution is 6.36. The SMILES string of the molecule is Bc1cnn2c(NCc3cccnc3)cc(NCCN(CC)CC)nc12. The van der Waals surface area contributed by atoms with Crippen molar-refractivity contribution in [3.8, 4) is 0 Å². The number of anilines is 2. The summed E-state index contributed by atoms with van der Waals surface area (Å²) in [5.74, 6) is 1.78. The Bertz CT molecular complexity index is 830. The number of hydrogen-bond donors (Lipinski definition) is 2. The van der Waals surface area contributed by atoms with Gasteiger partial charge in [0.15, 0.2) is 5.65 Å². The molecule has 0 aromatic carbocycles. The van der Waals surface area contributed by atoms with E-state index in [-0.39, 0.29) is 0 Å². The molecule has 0 saturated heterocycles. The molecular formula is C18H26BN7. The van der Waals surface area contributed by atoms with Crippen LogP contribution in [0.2, 0.25) is 0 Å². The van der Waals surface area contributed by atoms with Gasteiger partial charge in [-0.1, -0.05) is 19.9 Å². The molecule has 3 rings (SSSR count). The van der Waals surface area contributed by atoms with Crippen molar-refractivity contribution < 1.29 is 0 Å². The summed E-state index contributed by atoms with van der Waals surface area (Å²) in [6, 6.07) is 6.01. The fourth-order valence-corrected chi connectivity index (χ4v) is 2.87. The normalized spacial score (nSPS) is 11.2.